The normalized spacial score (nSPS) is 9.47. The van der Waals surface area contributed by atoms with Crippen molar-refractivity contribution in [1.82, 2.24) is 9.13 Å². The molecule has 0 aromatic carbocycles. The van der Waals surface area contributed by atoms with Gasteiger partial charge in [0.15, 0.2) is 0 Å². The molecule has 2 nitrogen and oxygen atoms in total. The fourth-order valence-corrected chi connectivity index (χ4v) is 1.64. The Morgan fingerprint density at radius 1 is 0.789 bits per heavy atom. The third-order valence-corrected chi connectivity index (χ3v) is 2.93. The molecule has 0 aliphatic carbocycles. The summed E-state index contributed by atoms with van der Waals surface area (Å²) in [6.07, 6.45) is 12.8. The van der Waals surface area contributed by atoms with E-state index in [0.29, 0.717) is 0 Å². The predicted molar refractivity (Wildman–Crippen MR) is 76.6 cm³/mol. The first-order valence-corrected chi connectivity index (χ1v) is 6.88. The van der Waals surface area contributed by atoms with Crippen molar-refractivity contribution in [3.8, 4) is 0 Å². The summed E-state index contributed by atoms with van der Waals surface area (Å²) in [5.41, 5.74) is 2.61. The SMILES string of the molecule is CCc1[c-]n(CC)cc1.CCc1[c-]n(CC)cc1.[Ru+2]. The van der Waals surface area contributed by atoms with Crippen LogP contribution in [-0.4, -0.2) is 9.13 Å². The van der Waals surface area contributed by atoms with Crippen LogP contribution in [-0.2, 0) is 45.4 Å². The summed E-state index contributed by atoms with van der Waals surface area (Å²) < 4.78 is 4.14. The first kappa shape index (κ1) is 18.2. The van der Waals surface area contributed by atoms with Crippen LogP contribution in [0.4, 0.5) is 0 Å². The molecule has 2 aromatic heterocycles. The van der Waals surface area contributed by atoms with Crippen molar-refractivity contribution in [2.45, 2.75) is 53.6 Å². The molecule has 0 spiro atoms. The second kappa shape index (κ2) is 10.0. The molecule has 19 heavy (non-hydrogen) atoms. The van der Waals surface area contributed by atoms with E-state index >= 15 is 0 Å². The van der Waals surface area contributed by atoms with Gasteiger partial charge in [-0.3, -0.25) is 0 Å². The quantitative estimate of drug-likeness (QED) is 0.590. The van der Waals surface area contributed by atoms with Crippen LogP contribution in [0.15, 0.2) is 24.5 Å². The van der Waals surface area contributed by atoms with Gasteiger partial charge < -0.3 is 9.13 Å². The van der Waals surface area contributed by atoms with Gasteiger partial charge >= 0.3 is 19.5 Å². The van der Waals surface area contributed by atoms with Crippen molar-refractivity contribution in [1.29, 1.82) is 0 Å². The molecule has 2 aromatic rings. The molecule has 106 valence electrons. The van der Waals surface area contributed by atoms with Gasteiger partial charge in [0, 0.05) is 0 Å². The Hall–Kier alpha value is -0.817. The molecule has 0 fully saturated rings. The fourth-order valence-electron chi connectivity index (χ4n) is 1.64. The number of nitrogens with zero attached hydrogens (tertiary/aromatic N) is 2. The second-order valence-electron chi connectivity index (χ2n) is 4.18. The van der Waals surface area contributed by atoms with E-state index in [1.54, 1.807) is 0 Å². The van der Waals surface area contributed by atoms with Gasteiger partial charge in [0.05, 0.1) is 0 Å². The van der Waals surface area contributed by atoms with Crippen LogP contribution in [0.5, 0.6) is 0 Å². The van der Waals surface area contributed by atoms with Crippen molar-refractivity contribution in [2.75, 3.05) is 0 Å². The van der Waals surface area contributed by atoms with E-state index in [-0.39, 0.29) is 19.5 Å². The van der Waals surface area contributed by atoms with Crippen molar-refractivity contribution in [3.05, 3.63) is 48.0 Å². The summed E-state index contributed by atoms with van der Waals surface area (Å²) in [6.45, 7) is 10.6. The fraction of sp³-hybridized carbons (Fsp3) is 0.500. The van der Waals surface area contributed by atoms with Crippen molar-refractivity contribution in [2.24, 2.45) is 0 Å². The van der Waals surface area contributed by atoms with Gasteiger partial charge in [-0.05, 0) is 26.9 Å². The van der Waals surface area contributed by atoms with Gasteiger partial charge in [-0.1, -0.05) is 26.7 Å². The van der Waals surface area contributed by atoms with Gasteiger partial charge in [-0.15, -0.1) is 24.8 Å². The Morgan fingerprint density at radius 2 is 1.16 bits per heavy atom. The molecule has 0 saturated heterocycles. The smallest absolute Gasteiger partial charge is 0.471 e. The van der Waals surface area contributed by atoms with E-state index in [0.717, 1.165) is 25.9 Å². The van der Waals surface area contributed by atoms with Gasteiger partial charge in [0.1, 0.15) is 0 Å². The van der Waals surface area contributed by atoms with E-state index in [1.165, 1.54) is 11.1 Å². The number of rotatable bonds is 4. The molecule has 3 heteroatoms. The maximum Gasteiger partial charge on any atom is 2.00 e. The average molecular weight is 345 g/mol. The van der Waals surface area contributed by atoms with Crippen LogP contribution in [0.25, 0.3) is 0 Å². The number of hydrogen-bond acceptors (Lipinski definition) is 0. The Balaban J connectivity index is 0.000000324. The van der Waals surface area contributed by atoms with E-state index in [2.05, 4.69) is 73.7 Å². The van der Waals surface area contributed by atoms with E-state index in [4.69, 9.17) is 0 Å². The van der Waals surface area contributed by atoms with Gasteiger partial charge in [0.2, 0.25) is 0 Å². The maximum absolute atomic E-state index is 3.23. The van der Waals surface area contributed by atoms with E-state index in [9.17, 15) is 0 Å². The monoisotopic (exact) mass is 346 g/mol. The summed E-state index contributed by atoms with van der Waals surface area (Å²) >= 11 is 0. The predicted octanol–water partition coefficient (Wildman–Crippen LogP) is 3.74. The summed E-state index contributed by atoms with van der Waals surface area (Å²) in [5.74, 6) is 0. The third kappa shape index (κ3) is 6.25. The van der Waals surface area contributed by atoms with Crippen molar-refractivity contribution >= 4 is 0 Å². The Bertz CT molecular complexity index is 364. The van der Waals surface area contributed by atoms with Crippen LogP contribution in [0, 0.1) is 12.4 Å². The number of hydrogen-bond donors (Lipinski definition) is 0. The second-order valence-corrected chi connectivity index (χ2v) is 4.18. The van der Waals surface area contributed by atoms with Gasteiger partial charge in [-0.25, -0.2) is 0 Å². The number of aryl methyl sites for hydroxylation is 4. The number of aromatic nitrogens is 2. The van der Waals surface area contributed by atoms with Crippen LogP contribution < -0.4 is 0 Å². The molecular weight excluding hydrogens is 321 g/mol. The summed E-state index contributed by atoms with van der Waals surface area (Å²) in [6, 6.07) is 4.23. The zero-order chi connectivity index (χ0) is 13.4. The maximum atomic E-state index is 3.23. The molecule has 2 heterocycles. The first-order valence-electron chi connectivity index (χ1n) is 6.88. The largest absolute Gasteiger partial charge is 2.00 e. The minimum absolute atomic E-state index is 0. The van der Waals surface area contributed by atoms with Crippen LogP contribution in [0.3, 0.4) is 0 Å². The van der Waals surface area contributed by atoms with Crippen LogP contribution >= 0.6 is 0 Å². The van der Waals surface area contributed by atoms with Gasteiger partial charge in [0.25, 0.3) is 0 Å². The zero-order valence-corrected chi connectivity index (χ0v) is 14.1. The topological polar surface area (TPSA) is 9.86 Å². The minimum atomic E-state index is 0. The first-order chi connectivity index (χ1) is 8.73. The zero-order valence-electron chi connectivity index (χ0n) is 12.4. The summed E-state index contributed by atoms with van der Waals surface area (Å²) in [5, 5.41) is 0. The third-order valence-electron chi connectivity index (χ3n) is 2.93. The molecule has 0 saturated carbocycles. The van der Waals surface area contributed by atoms with Crippen molar-refractivity contribution < 1.29 is 19.5 Å². The summed E-state index contributed by atoms with van der Waals surface area (Å²) in [7, 11) is 0. The molecule has 0 amide bonds. The molecule has 0 atom stereocenters. The average Bonchev–Trinajstić information content (AvgIpc) is 3.07. The molecule has 0 bridgehead atoms. The Labute approximate surface area is 130 Å². The molecule has 0 N–H and O–H groups in total. The molecule has 2 rings (SSSR count). The molecule has 0 aliphatic rings. The van der Waals surface area contributed by atoms with Crippen molar-refractivity contribution in [3.63, 3.8) is 0 Å². The van der Waals surface area contributed by atoms with E-state index < -0.39 is 0 Å². The molecule has 0 unspecified atom stereocenters. The Kier molecular flexibility index (Phi) is 9.60. The van der Waals surface area contributed by atoms with Gasteiger partial charge in [-0.2, -0.15) is 23.3 Å². The minimum Gasteiger partial charge on any atom is -0.471 e. The molecule has 0 radical (unpaired) electrons. The molecule has 0 aliphatic heterocycles. The van der Waals surface area contributed by atoms with Crippen LogP contribution in [0.1, 0.15) is 38.8 Å². The summed E-state index contributed by atoms with van der Waals surface area (Å²) in [4.78, 5) is 0. The Morgan fingerprint density at radius 3 is 1.32 bits per heavy atom. The standard InChI is InChI=1S/2C8H12N.Ru/c2*1-3-8-5-6-9(4-2)7-8;/h2*5-6H,3-4H2,1-2H3;/q2*-1;+2. The van der Waals surface area contributed by atoms with Crippen LogP contribution in [0.2, 0.25) is 0 Å². The van der Waals surface area contributed by atoms with E-state index in [1.807, 2.05) is 0 Å². The molecular formula is C16H24N2Ru.